The van der Waals surface area contributed by atoms with E-state index in [1.165, 1.54) is 11.1 Å². The molecule has 0 saturated carbocycles. The molecule has 1 N–H and O–H groups in total. The van der Waals surface area contributed by atoms with Crippen LogP contribution in [0.4, 0.5) is 11.4 Å². The number of fused-ring (bicyclic) bond motifs is 1. The predicted molar refractivity (Wildman–Crippen MR) is 129 cm³/mol. The second kappa shape index (κ2) is 10.3. The Kier molecular flexibility index (Phi) is 7.22. The summed E-state index contributed by atoms with van der Waals surface area (Å²) in [7, 11) is 0. The van der Waals surface area contributed by atoms with Crippen molar-refractivity contribution >= 4 is 23.2 Å². The van der Waals surface area contributed by atoms with Crippen molar-refractivity contribution in [1.82, 2.24) is 9.80 Å². The molecule has 0 aliphatic carbocycles. The highest BCUT2D eigenvalue weighted by Gasteiger charge is 2.27. The highest BCUT2D eigenvalue weighted by atomic mass is 16.2. The normalized spacial score (nSPS) is 17.8. The second-order valence-electron chi connectivity index (χ2n) is 8.96. The molecule has 170 valence electrons. The van der Waals surface area contributed by atoms with Crippen molar-refractivity contribution in [3.05, 3.63) is 59.7 Å². The van der Waals surface area contributed by atoms with Gasteiger partial charge in [-0.2, -0.15) is 0 Å². The molecule has 6 nitrogen and oxygen atoms in total. The number of anilines is 2. The molecule has 32 heavy (non-hydrogen) atoms. The van der Waals surface area contributed by atoms with E-state index in [1.807, 2.05) is 35.2 Å². The number of hydrogen-bond acceptors (Lipinski definition) is 4. The van der Waals surface area contributed by atoms with E-state index < -0.39 is 0 Å². The fourth-order valence-electron chi connectivity index (χ4n) is 4.51. The Morgan fingerprint density at radius 2 is 1.56 bits per heavy atom. The van der Waals surface area contributed by atoms with Crippen molar-refractivity contribution in [3.63, 3.8) is 0 Å². The Morgan fingerprint density at radius 1 is 0.906 bits per heavy atom. The molecule has 0 aromatic heterocycles. The van der Waals surface area contributed by atoms with Gasteiger partial charge in [-0.3, -0.25) is 19.4 Å². The van der Waals surface area contributed by atoms with Crippen LogP contribution < -0.4 is 10.2 Å². The zero-order valence-corrected chi connectivity index (χ0v) is 19.2. The number of rotatable bonds is 7. The van der Waals surface area contributed by atoms with Crippen LogP contribution in [0.2, 0.25) is 0 Å². The molecule has 1 fully saturated rings. The zero-order chi connectivity index (χ0) is 22.5. The minimum atomic E-state index is 0.0134. The molecule has 2 aromatic rings. The number of nitrogens with one attached hydrogen (secondary N) is 1. The fourth-order valence-corrected chi connectivity index (χ4v) is 4.51. The molecule has 2 aromatic carbocycles. The monoisotopic (exact) mass is 434 g/mol. The first kappa shape index (κ1) is 22.5. The molecule has 4 rings (SSSR count). The summed E-state index contributed by atoms with van der Waals surface area (Å²) in [6, 6.07) is 16.3. The molecule has 6 heteroatoms. The fraction of sp³-hybridized carbons (Fsp3) is 0.462. The number of benzene rings is 2. The van der Waals surface area contributed by atoms with Gasteiger partial charge in [-0.25, -0.2) is 0 Å². The van der Waals surface area contributed by atoms with Crippen LogP contribution in [0.1, 0.15) is 37.3 Å². The van der Waals surface area contributed by atoms with Crippen LogP contribution >= 0.6 is 0 Å². The van der Waals surface area contributed by atoms with Gasteiger partial charge in [0.25, 0.3) is 0 Å². The van der Waals surface area contributed by atoms with Crippen LogP contribution in [0.5, 0.6) is 0 Å². The maximum absolute atomic E-state index is 12.8. The first-order valence-electron chi connectivity index (χ1n) is 11.8. The third kappa shape index (κ3) is 5.37. The maximum atomic E-state index is 12.8. The van der Waals surface area contributed by atoms with Crippen molar-refractivity contribution in [3.8, 4) is 0 Å². The number of piperazine rings is 1. The number of hydrogen-bond donors (Lipinski definition) is 1. The number of para-hydroxylation sites is 1. The summed E-state index contributed by atoms with van der Waals surface area (Å²) in [4.78, 5) is 31.6. The molecule has 0 radical (unpaired) electrons. The molecule has 2 aliphatic heterocycles. The second-order valence-corrected chi connectivity index (χ2v) is 8.96. The van der Waals surface area contributed by atoms with Gasteiger partial charge in [-0.15, -0.1) is 0 Å². The smallest absolute Gasteiger partial charge is 0.241 e. The lowest BCUT2D eigenvalue weighted by Gasteiger charge is -2.34. The highest BCUT2D eigenvalue weighted by Crippen LogP contribution is 2.27. The molecule has 1 atom stereocenters. The number of amides is 2. The van der Waals surface area contributed by atoms with Crippen LogP contribution in [0.3, 0.4) is 0 Å². The van der Waals surface area contributed by atoms with E-state index in [1.54, 1.807) is 0 Å². The van der Waals surface area contributed by atoms with Gasteiger partial charge in [-0.05, 0) is 48.1 Å². The molecular formula is C26H34N4O2. The summed E-state index contributed by atoms with van der Waals surface area (Å²) in [5.74, 6) is 0.713. The number of carbonyl (C=O) groups excluding carboxylic acids is 2. The van der Waals surface area contributed by atoms with Crippen molar-refractivity contribution in [2.24, 2.45) is 0 Å². The van der Waals surface area contributed by atoms with Gasteiger partial charge in [0.1, 0.15) is 0 Å². The van der Waals surface area contributed by atoms with Crippen LogP contribution in [0, 0.1) is 0 Å². The standard InChI is InChI=1S/C26H34N4O2/c1-3-20(2)21-8-10-23(11-9-21)27-25(31)18-28-14-16-29(17-15-28)19-26(32)30-13-12-22-6-4-5-7-24(22)30/h4-11,20H,3,12-19H2,1-2H3,(H,27,31). The van der Waals surface area contributed by atoms with Crippen LogP contribution in [0.25, 0.3) is 0 Å². The van der Waals surface area contributed by atoms with E-state index in [-0.39, 0.29) is 11.8 Å². The van der Waals surface area contributed by atoms with Crippen molar-refractivity contribution in [2.75, 3.05) is 56.0 Å². The van der Waals surface area contributed by atoms with Gasteiger partial charge in [-0.1, -0.05) is 44.2 Å². The molecule has 0 spiro atoms. The topological polar surface area (TPSA) is 55.9 Å². The zero-order valence-electron chi connectivity index (χ0n) is 19.2. The Balaban J connectivity index is 1.20. The largest absolute Gasteiger partial charge is 0.325 e. The summed E-state index contributed by atoms with van der Waals surface area (Å²) >= 11 is 0. The van der Waals surface area contributed by atoms with E-state index in [0.29, 0.717) is 19.0 Å². The van der Waals surface area contributed by atoms with E-state index in [0.717, 1.165) is 56.9 Å². The van der Waals surface area contributed by atoms with E-state index in [2.05, 4.69) is 47.2 Å². The van der Waals surface area contributed by atoms with Crippen molar-refractivity contribution < 1.29 is 9.59 Å². The molecule has 1 saturated heterocycles. The van der Waals surface area contributed by atoms with Crippen LogP contribution in [-0.4, -0.2) is 67.4 Å². The van der Waals surface area contributed by atoms with E-state index in [4.69, 9.17) is 0 Å². The molecule has 1 unspecified atom stereocenters. The lowest BCUT2D eigenvalue weighted by Crippen LogP contribution is -2.51. The lowest BCUT2D eigenvalue weighted by molar-refractivity contribution is -0.121. The van der Waals surface area contributed by atoms with Crippen molar-refractivity contribution in [2.45, 2.75) is 32.6 Å². The third-order valence-corrected chi connectivity index (χ3v) is 6.76. The molecule has 2 aliphatic rings. The summed E-state index contributed by atoms with van der Waals surface area (Å²) in [5, 5.41) is 3.01. The molecule has 2 amide bonds. The van der Waals surface area contributed by atoms with Gasteiger partial charge in [0, 0.05) is 44.1 Å². The van der Waals surface area contributed by atoms with Gasteiger partial charge in [0.05, 0.1) is 13.1 Å². The van der Waals surface area contributed by atoms with Gasteiger partial charge in [0.2, 0.25) is 11.8 Å². The summed E-state index contributed by atoms with van der Waals surface area (Å²) < 4.78 is 0. The van der Waals surface area contributed by atoms with Gasteiger partial charge < -0.3 is 10.2 Å². The maximum Gasteiger partial charge on any atom is 0.241 e. The Labute approximate surface area is 191 Å². The van der Waals surface area contributed by atoms with Crippen LogP contribution in [0.15, 0.2) is 48.5 Å². The lowest BCUT2D eigenvalue weighted by atomic mass is 9.99. The van der Waals surface area contributed by atoms with Crippen molar-refractivity contribution in [1.29, 1.82) is 0 Å². The van der Waals surface area contributed by atoms with Crippen LogP contribution in [-0.2, 0) is 16.0 Å². The number of carbonyl (C=O) groups is 2. The Bertz CT molecular complexity index is 935. The Morgan fingerprint density at radius 3 is 2.25 bits per heavy atom. The number of nitrogens with zero attached hydrogens (tertiary/aromatic N) is 3. The van der Waals surface area contributed by atoms with Gasteiger partial charge >= 0.3 is 0 Å². The van der Waals surface area contributed by atoms with E-state index in [9.17, 15) is 9.59 Å². The highest BCUT2D eigenvalue weighted by molar-refractivity contribution is 5.96. The summed E-state index contributed by atoms with van der Waals surface area (Å²) in [6.45, 7) is 9.19. The average Bonchev–Trinajstić information content (AvgIpc) is 3.25. The summed E-state index contributed by atoms with van der Waals surface area (Å²) in [5.41, 5.74) is 4.46. The van der Waals surface area contributed by atoms with E-state index >= 15 is 0 Å². The average molecular weight is 435 g/mol. The SMILES string of the molecule is CCC(C)c1ccc(NC(=O)CN2CCN(CC(=O)N3CCc4ccccc43)CC2)cc1. The minimum Gasteiger partial charge on any atom is -0.325 e. The first-order chi connectivity index (χ1) is 15.5. The predicted octanol–water partition coefficient (Wildman–Crippen LogP) is 3.35. The first-order valence-corrected chi connectivity index (χ1v) is 11.8. The summed E-state index contributed by atoms with van der Waals surface area (Å²) in [6.07, 6.45) is 2.04. The molecular weight excluding hydrogens is 400 g/mol. The Hall–Kier alpha value is -2.70. The van der Waals surface area contributed by atoms with Gasteiger partial charge in [0.15, 0.2) is 0 Å². The quantitative estimate of drug-likeness (QED) is 0.726. The molecule has 0 bridgehead atoms. The molecule has 2 heterocycles. The minimum absolute atomic E-state index is 0.0134. The third-order valence-electron chi connectivity index (χ3n) is 6.76.